The number of nitrogens with zero attached hydrogens (tertiary/aromatic N) is 6. The molecular weight excluding hydrogens is 420 g/mol. The van der Waals surface area contributed by atoms with E-state index in [0.29, 0.717) is 24.1 Å². The van der Waals surface area contributed by atoms with Crippen molar-refractivity contribution in [3.05, 3.63) is 60.4 Å². The molecule has 0 aromatic carbocycles. The van der Waals surface area contributed by atoms with Gasteiger partial charge >= 0.3 is 0 Å². The first-order valence-electron chi connectivity index (χ1n) is 10.8. The summed E-state index contributed by atoms with van der Waals surface area (Å²) in [5, 5.41) is 16.8. The zero-order valence-electron chi connectivity index (χ0n) is 18.1. The summed E-state index contributed by atoms with van der Waals surface area (Å²) in [5.74, 6) is 1.99. The van der Waals surface area contributed by atoms with Crippen LogP contribution >= 0.6 is 0 Å². The third-order valence-corrected chi connectivity index (χ3v) is 5.93. The van der Waals surface area contributed by atoms with Crippen LogP contribution in [0.15, 0.2) is 53.6 Å². The molecule has 0 aliphatic heterocycles. The van der Waals surface area contributed by atoms with E-state index in [0.717, 1.165) is 41.6 Å². The Morgan fingerprint density at radius 3 is 2.42 bits per heavy atom. The summed E-state index contributed by atoms with van der Waals surface area (Å²) in [6.45, 7) is 2.14. The van der Waals surface area contributed by atoms with Gasteiger partial charge in [-0.05, 0) is 43.5 Å². The van der Waals surface area contributed by atoms with E-state index in [1.54, 1.807) is 25.5 Å². The van der Waals surface area contributed by atoms with Crippen molar-refractivity contribution in [1.82, 2.24) is 30.1 Å². The molecule has 5 rings (SSSR count). The minimum absolute atomic E-state index is 0.234. The van der Waals surface area contributed by atoms with Crippen molar-refractivity contribution in [2.45, 2.75) is 37.7 Å². The van der Waals surface area contributed by atoms with Crippen molar-refractivity contribution in [2.75, 3.05) is 17.6 Å². The highest BCUT2D eigenvalue weighted by Gasteiger charge is 2.44. The van der Waals surface area contributed by atoms with Crippen molar-refractivity contribution >= 4 is 11.8 Å². The lowest BCUT2D eigenvalue weighted by molar-refractivity contribution is 0.208. The van der Waals surface area contributed by atoms with Gasteiger partial charge < -0.3 is 20.7 Å². The standard InChI is InChI=1S/C23H24N8O2/c1-14(32)9-26-19-6-3-15(10-27-19)20-30-21(31-33-20)23(7-2-8-23)17-4-5-18(25-13-17)16-11-28-22(24)29-12-16/h3-6,10-14,32H,2,7-9H2,1H3,(H,26,27)(H2,24,28,29)/t14-/m1/s1. The van der Waals surface area contributed by atoms with Crippen LogP contribution in [0.4, 0.5) is 11.8 Å². The van der Waals surface area contributed by atoms with Crippen molar-refractivity contribution < 1.29 is 9.63 Å². The topological polar surface area (TPSA) is 149 Å². The lowest BCUT2D eigenvalue weighted by Gasteiger charge is -2.39. The summed E-state index contributed by atoms with van der Waals surface area (Å²) in [6.07, 6.45) is 9.36. The van der Waals surface area contributed by atoms with Gasteiger partial charge in [-0.2, -0.15) is 4.98 Å². The van der Waals surface area contributed by atoms with Crippen LogP contribution < -0.4 is 11.1 Å². The number of aliphatic hydroxyl groups is 1. The molecule has 1 atom stereocenters. The first kappa shape index (κ1) is 21.0. The van der Waals surface area contributed by atoms with E-state index in [4.69, 9.17) is 15.2 Å². The molecule has 1 saturated carbocycles. The van der Waals surface area contributed by atoms with E-state index >= 15 is 0 Å². The number of nitrogens with one attached hydrogen (secondary N) is 1. The Morgan fingerprint density at radius 1 is 1.03 bits per heavy atom. The van der Waals surface area contributed by atoms with E-state index in [-0.39, 0.29) is 11.4 Å². The molecule has 4 heterocycles. The molecule has 4 aromatic heterocycles. The van der Waals surface area contributed by atoms with Gasteiger partial charge in [0.15, 0.2) is 5.82 Å². The van der Waals surface area contributed by atoms with Gasteiger partial charge in [0.05, 0.1) is 22.8 Å². The lowest BCUT2D eigenvalue weighted by Crippen LogP contribution is -2.36. The van der Waals surface area contributed by atoms with Crippen LogP contribution in [-0.4, -0.2) is 47.8 Å². The maximum absolute atomic E-state index is 9.39. The van der Waals surface area contributed by atoms with E-state index < -0.39 is 6.10 Å². The molecule has 0 unspecified atom stereocenters. The number of nitrogen functional groups attached to an aromatic ring is 1. The summed E-state index contributed by atoms with van der Waals surface area (Å²) >= 11 is 0. The summed E-state index contributed by atoms with van der Waals surface area (Å²) in [7, 11) is 0. The molecule has 168 valence electrons. The van der Waals surface area contributed by atoms with E-state index in [9.17, 15) is 5.11 Å². The van der Waals surface area contributed by atoms with Gasteiger partial charge in [0.1, 0.15) is 5.82 Å². The smallest absolute Gasteiger partial charge is 0.259 e. The van der Waals surface area contributed by atoms with Crippen LogP contribution in [0.25, 0.3) is 22.7 Å². The Hall–Kier alpha value is -3.92. The number of aromatic nitrogens is 6. The minimum Gasteiger partial charge on any atom is -0.392 e. The molecule has 0 amide bonds. The van der Waals surface area contributed by atoms with Gasteiger partial charge in [-0.1, -0.05) is 17.6 Å². The fraction of sp³-hybridized carbons (Fsp3) is 0.304. The third kappa shape index (κ3) is 4.12. The van der Waals surface area contributed by atoms with Crippen molar-refractivity contribution in [3.63, 3.8) is 0 Å². The molecule has 1 aliphatic rings. The molecule has 33 heavy (non-hydrogen) atoms. The Balaban J connectivity index is 1.37. The summed E-state index contributed by atoms with van der Waals surface area (Å²) < 4.78 is 5.59. The van der Waals surface area contributed by atoms with Crippen LogP contribution in [0, 0.1) is 0 Å². The number of anilines is 2. The first-order chi connectivity index (χ1) is 16.0. The normalized spacial score (nSPS) is 15.6. The van der Waals surface area contributed by atoms with Crippen LogP contribution in [0.1, 0.15) is 37.6 Å². The van der Waals surface area contributed by atoms with E-state index in [1.165, 1.54) is 0 Å². The van der Waals surface area contributed by atoms with Gasteiger partial charge in [0, 0.05) is 36.9 Å². The fourth-order valence-electron chi connectivity index (χ4n) is 3.90. The average Bonchev–Trinajstić information content (AvgIpc) is 3.29. The first-order valence-corrected chi connectivity index (χ1v) is 10.8. The number of nitrogens with two attached hydrogens (primary N) is 1. The van der Waals surface area contributed by atoms with Gasteiger partial charge in [-0.3, -0.25) is 4.98 Å². The highest BCUT2D eigenvalue weighted by atomic mass is 16.5. The number of rotatable bonds is 7. The lowest BCUT2D eigenvalue weighted by atomic mass is 9.64. The molecule has 4 aromatic rings. The Bertz CT molecular complexity index is 1220. The maximum atomic E-state index is 9.39. The predicted molar refractivity (Wildman–Crippen MR) is 122 cm³/mol. The number of hydrogen-bond acceptors (Lipinski definition) is 10. The highest BCUT2D eigenvalue weighted by Crippen LogP contribution is 2.48. The number of pyridine rings is 2. The van der Waals surface area contributed by atoms with Crippen LogP contribution in [0.2, 0.25) is 0 Å². The molecule has 1 fully saturated rings. The van der Waals surface area contributed by atoms with Crippen molar-refractivity contribution in [1.29, 1.82) is 0 Å². The van der Waals surface area contributed by atoms with Gasteiger partial charge in [-0.25, -0.2) is 15.0 Å². The quantitative estimate of drug-likeness (QED) is 0.388. The average molecular weight is 444 g/mol. The highest BCUT2D eigenvalue weighted by molar-refractivity contribution is 5.58. The third-order valence-electron chi connectivity index (χ3n) is 5.93. The fourth-order valence-corrected chi connectivity index (χ4v) is 3.90. The zero-order chi connectivity index (χ0) is 22.8. The molecule has 1 aliphatic carbocycles. The van der Waals surface area contributed by atoms with Crippen LogP contribution in [-0.2, 0) is 5.41 Å². The summed E-state index contributed by atoms with van der Waals surface area (Å²) in [4.78, 5) is 21.7. The summed E-state index contributed by atoms with van der Waals surface area (Å²) in [6, 6.07) is 7.70. The van der Waals surface area contributed by atoms with Crippen molar-refractivity contribution in [2.24, 2.45) is 0 Å². The summed E-state index contributed by atoms with van der Waals surface area (Å²) in [5.41, 5.74) is 8.63. The van der Waals surface area contributed by atoms with Gasteiger partial charge in [-0.15, -0.1) is 0 Å². The van der Waals surface area contributed by atoms with Crippen molar-refractivity contribution in [3.8, 4) is 22.7 Å². The Kier molecular flexibility index (Phi) is 5.43. The van der Waals surface area contributed by atoms with Gasteiger partial charge in [0.25, 0.3) is 5.89 Å². The maximum Gasteiger partial charge on any atom is 0.259 e. The molecule has 4 N–H and O–H groups in total. The molecular formula is C23H24N8O2. The SMILES string of the molecule is C[C@@H](O)CNc1ccc(-c2nc(C3(c4ccc(-c5cnc(N)nc5)nc4)CCC3)no2)cn1. The van der Waals surface area contributed by atoms with E-state index in [1.807, 2.05) is 24.4 Å². The van der Waals surface area contributed by atoms with E-state index in [2.05, 4.69) is 36.5 Å². The molecule has 10 nitrogen and oxygen atoms in total. The largest absolute Gasteiger partial charge is 0.392 e. The molecule has 0 spiro atoms. The molecule has 0 saturated heterocycles. The minimum atomic E-state index is -0.452. The molecule has 0 radical (unpaired) electrons. The number of hydrogen-bond donors (Lipinski definition) is 3. The second kappa shape index (κ2) is 8.55. The Labute approximate surface area is 190 Å². The number of aliphatic hydroxyl groups excluding tert-OH is 1. The Morgan fingerprint density at radius 2 is 1.82 bits per heavy atom. The molecule has 0 bridgehead atoms. The van der Waals surface area contributed by atoms with Crippen LogP contribution in [0.5, 0.6) is 0 Å². The molecule has 10 heteroatoms. The zero-order valence-corrected chi connectivity index (χ0v) is 18.1. The predicted octanol–water partition coefficient (Wildman–Crippen LogP) is 2.83. The van der Waals surface area contributed by atoms with Crippen LogP contribution in [0.3, 0.4) is 0 Å². The van der Waals surface area contributed by atoms with Gasteiger partial charge in [0.2, 0.25) is 5.95 Å². The monoisotopic (exact) mass is 444 g/mol. The second-order valence-electron chi connectivity index (χ2n) is 8.28. The second-order valence-corrected chi connectivity index (χ2v) is 8.28.